The summed E-state index contributed by atoms with van der Waals surface area (Å²) in [5, 5.41) is 22.8. The minimum atomic E-state index is -0.411. The number of ether oxygens (including phenoxy) is 2. The molecule has 3 aromatic rings. The summed E-state index contributed by atoms with van der Waals surface area (Å²) in [5.41, 5.74) is 0.314. The van der Waals surface area contributed by atoms with Gasteiger partial charge in [-0.05, 0) is 0 Å². The van der Waals surface area contributed by atoms with Crippen LogP contribution in [0.15, 0.2) is 51.7 Å². The van der Waals surface area contributed by atoms with Gasteiger partial charge in [-0.1, -0.05) is 30.3 Å². The molecule has 0 aliphatic carbocycles. The minimum absolute atomic E-state index is 0.0117. The van der Waals surface area contributed by atoms with E-state index >= 15 is 0 Å². The summed E-state index contributed by atoms with van der Waals surface area (Å²) in [5.74, 6) is -0.304. The van der Waals surface area contributed by atoms with Crippen LogP contribution in [0.1, 0.15) is 0 Å². The molecule has 0 radical (unpaired) electrons. The van der Waals surface area contributed by atoms with Crippen LogP contribution in [0.25, 0.3) is 22.3 Å². The summed E-state index contributed by atoms with van der Waals surface area (Å²) in [6.45, 7) is 3.83. The van der Waals surface area contributed by atoms with Crippen LogP contribution in [0.4, 0.5) is 0 Å². The van der Waals surface area contributed by atoms with Crippen molar-refractivity contribution in [3.05, 3.63) is 52.7 Å². The van der Waals surface area contributed by atoms with Crippen LogP contribution in [-0.4, -0.2) is 43.6 Å². The van der Waals surface area contributed by atoms with Crippen LogP contribution in [0.5, 0.6) is 17.2 Å². The van der Waals surface area contributed by atoms with Gasteiger partial charge in [-0.25, -0.2) is 0 Å². The number of phenols is 2. The average molecular weight is 371 g/mol. The van der Waals surface area contributed by atoms with Crippen LogP contribution in [-0.2, 0) is 4.74 Å². The van der Waals surface area contributed by atoms with E-state index in [1.165, 1.54) is 13.2 Å². The van der Waals surface area contributed by atoms with E-state index < -0.39 is 5.43 Å². The zero-order valence-electron chi connectivity index (χ0n) is 14.9. The summed E-state index contributed by atoms with van der Waals surface area (Å²) < 4.78 is 15.7. The van der Waals surface area contributed by atoms with Gasteiger partial charge in [0.25, 0.3) is 0 Å². The smallest absolute Gasteiger partial charge is 0.204 e. The van der Waals surface area contributed by atoms with Crippen molar-refractivity contribution < 1.29 is 24.1 Å². The van der Waals surface area contributed by atoms with Gasteiger partial charge in [0.1, 0.15) is 16.9 Å². The third-order valence-corrected chi connectivity index (χ3v) is 4.02. The van der Waals surface area contributed by atoms with E-state index in [-0.39, 0.29) is 28.2 Å². The zero-order valence-corrected chi connectivity index (χ0v) is 14.9. The summed E-state index contributed by atoms with van der Waals surface area (Å²) in [6.07, 6.45) is 0. The maximum atomic E-state index is 12.2. The van der Waals surface area contributed by atoms with Crippen LogP contribution in [0.3, 0.4) is 0 Å². The van der Waals surface area contributed by atoms with Gasteiger partial charge < -0.3 is 29.4 Å². The van der Waals surface area contributed by atoms with Crippen molar-refractivity contribution in [1.29, 1.82) is 0 Å². The SMILES string of the molecule is C1COCCN1.COc1c(O)cc(O)c2c(=O)cc(-c3ccccc3)oc12. The molecule has 27 heavy (non-hydrogen) atoms. The molecule has 1 fully saturated rings. The first kappa shape index (κ1) is 18.8. The minimum Gasteiger partial charge on any atom is -0.507 e. The zero-order chi connectivity index (χ0) is 19.2. The highest BCUT2D eigenvalue weighted by molar-refractivity contribution is 5.91. The Kier molecular flexibility index (Phi) is 5.95. The molecule has 1 aliphatic heterocycles. The van der Waals surface area contributed by atoms with Gasteiger partial charge in [0, 0.05) is 30.8 Å². The van der Waals surface area contributed by atoms with E-state index in [2.05, 4.69) is 5.32 Å². The molecule has 142 valence electrons. The number of morpholine rings is 1. The Bertz CT molecular complexity index is 952. The van der Waals surface area contributed by atoms with Gasteiger partial charge in [-0.2, -0.15) is 0 Å². The number of nitrogens with one attached hydrogen (secondary N) is 1. The molecule has 1 saturated heterocycles. The fourth-order valence-electron chi connectivity index (χ4n) is 2.74. The molecule has 0 unspecified atom stereocenters. The highest BCUT2D eigenvalue weighted by Gasteiger charge is 2.18. The number of benzene rings is 2. The predicted octanol–water partition coefficient (Wildman–Crippen LogP) is 2.49. The number of rotatable bonds is 2. The van der Waals surface area contributed by atoms with Crippen LogP contribution in [0, 0.1) is 0 Å². The van der Waals surface area contributed by atoms with E-state index in [0.717, 1.165) is 32.4 Å². The predicted molar refractivity (Wildman–Crippen MR) is 101 cm³/mol. The monoisotopic (exact) mass is 371 g/mol. The molecule has 1 aliphatic rings. The van der Waals surface area contributed by atoms with Crippen molar-refractivity contribution in [3.63, 3.8) is 0 Å². The van der Waals surface area contributed by atoms with Gasteiger partial charge in [0.15, 0.2) is 16.8 Å². The van der Waals surface area contributed by atoms with E-state index in [9.17, 15) is 15.0 Å². The molecule has 0 atom stereocenters. The quantitative estimate of drug-likeness (QED) is 0.636. The molecule has 3 N–H and O–H groups in total. The fraction of sp³-hybridized carbons (Fsp3) is 0.250. The third kappa shape index (κ3) is 4.21. The Balaban J connectivity index is 0.000000299. The molecular formula is C20H21NO6. The van der Waals surface area contributed by atoms with E-state index in [1.807, 2.05) is 18.2 Å². The lowest BCUT2D eigenvalue weighted by atomic mass is 10.1. The highest BCUT2D eigenvalue weighted by Crippen LogP contribution is 2.40. The summed E-state index contributed by atoms with van der Waals surface area (Å²) in [6, 6.07) is 11.4. The molecular weight excluding hydrogens is 350 g/mol. The Morgan fingerprint density at radius 2 is 1.74 bits per heavy atom. The highest BCUT2D eigenvalue weighted by atomic mass is 16.5. The number of fused-ring (bicyclic) bond motifs is 1. The molecule has 1 aromatic heterocycles. The Morgan fingerprint density at radius 3 is 2.30 bits per heavy atom. The van der Waals surface area contributed by atoms with Gasteiger partial charge in [0.2, 0.25) is 5.75 Å². The second-order valence-corrected chi connectivity index (χ2v) is 5.86. The lowest BCUT2D eigenvalue weighted by molar-refractivity contribution is 0.109. The standard InChI is InChI=1S/C16H12O5.C4H9NO/c1-20-15-12(19)7-10(17)14-11(18)8-13(21-16(14)15)9-5-3-2-4-6-9;1-3-6-4-2-5-1/h2-8,17,19H,1H3;5H,1-4H2. The fourth-order valence-corrected chi connectivity index (χ4v) is 2.74. The van der Waals surface area contributed by atoms with Crippen LogP contribution >= 0.6 is 0 Å². The first-order valence-corrected chi connectivity index (χ1v) is 8.52. The normalized spacial score (nSPS) is 13.7. The molecule has 0 bridgehead atoms. The lowest BCUT2D eigenvalue weighted by Gasteiger charge is -2.10. The molecule has 7 heteroatoms. The number of phenolic OH excluding ortho intramolecular Hbond substituents is 2. The van der Waals surface area contributed by atoms with E-state index in [0.29, 0.717) is 11.3 Å². The van der Waals surface area contributed by atoms with Crippen molar-refractivity contribution in [3.8, 4) is 28.6 Å². The maximum Gasteiger partial charge on any atom is 0.204 e. The first-order valence-electron chi connectivity index (χ1n) is 8.52. The van der Waals surface area contributed by atoms with Gasteiger partial charge >= 0.3 is 0 Å². The number of hydrogen-bond donors (Lipinski definition) is 3. The molecule has 0 amide bonds. The van der Waals surface area contributed by atoms with E-state index in [1.54, 1.807) is 12.1 Å². The summed E-state index contributed by atoms with van der Waals surface area (Å²) in [7, 11) is 1.35. The van der Waals surface area contributed by atoms with Crippen LogP contribution in [0.2, 0.25) is 0 Å². The summed E-state index contributed by atoms with van der Waals surface area (Å²) in [4.78, 5) is 12.2. The molecule has 2 aromatic carbocycles. The van der Waals surface area contributed by atoms with Gasteiger partial charge in [0.05, 0.1) is 20.3 Å². The van der Waals surface area contributed by atoms with Crippen molar-refractivity contribution in [2.75, 3.05) is 33.4 Å². The van der Waals surface area contributed by atoms with E-state index in [4.69, 9.17) is 13.9 Å². The second-order valence-electron chi connectivity index (χ2n) is 5.86. The molecule has 7 nitrogen and oxygen atoms in total. The molecule has 0 spiro atoms. The Labute approximate surface area is 155 Å². The van der Waals surface area contributed by atoms with Gasteiger partial charge in [-0.3, -0.25) is 4.79 Å². The second kappa shape index (κ2) is 8.57. The summed E-state index contributed by atoms with van der Waals surface area (Å²) >= 11 is 0. The maximum absolute atomic E-state index is 12.2. The topological polar surface area (TPSA) is 101 Å². The van der Waals surface area contributed by atoms with Crippen molar-refractivity contribution in [2.24, 2.45) is 0 Å². The van der Waals surface area contributed by atoms with Crippen molar-refractivity contribution in [1.82, 2.24) is 5.32 Å². The molecule has 2 heterocycles. The number of methoxy groups -OCH3 is 1. The number of hydrogen-bond acceptors (Lipinski definition) is 7. The molecule has 0 saturated carbocycles. The van der Waals surface area contributed by atoms with Gasteiger partial charge in [-0.15, -0.1) is 0 Å². The van der Waals surface area contributed by atoms with Crippen molar-refractivity contribution in [2.45, 2.75) is 0 Å². The number of aromatic hydroxyl groups is 2. The van der Waals surface area contributed by atoms with Crippen LogP contribution < -0.4 is 15.5 Å². The Morgan fingerprint density at radius 1 is 1.04 bits per heavy atom. The molecule has 4 rings (SSSR count). The van der Waals surface area contributed by atoms with Crippen molar-refractivity contribution >= 4 is 11.0 Å². The average Bonchev–Trinajstić information content (AvgIpc) is 2.70. The first-order chi connectivity index (χ1) is 13.1. The lowest BCUT2D eigenvalue weighted by Crippen LogP contribution is -2.30. The third-order valence-electron chi connectivity index (χ3n) is 4.02. The Hall–Kier alpha value is -3.03. The largest absolute Gasteiger partial charge is 0.507 e.